The van der Waals surface area contributed by atoms with Gasteiger partial charge in [-0.3, -0.25) is 9.36 Å². The summed E-state index contributed by atoms with van der Waals surface area (Å²) in [6.07, 6.45) is 19.2. The van der Waals surface area contributed by atoms with Gasteiger partial charge in [0.15, 0.2) is 31.0 Å². The van der Waals surface area contributed by atoms with Crippen LogP contribution < -0.4 is 29.9 Å². The lowest BCUT2D eigenvalue weighted by Gasteiger charge is -2.22. The third-order valence-corrected chi connectivity index (χ3v) is 13.3. The molecule has 28 heteroatoms. The largest absolute Gasteiger partial charge is 0.497 e. The molecule has 0 saturated carbocycles. The molecule has 0 spiro atoms. The standard InChI is InChI=1S/C19H17N3O2.C17H18N8O2.C12H18N2O4.C11H17N5O2/c1-4-16-15-6-5-7-17(24-3)18(15)22-19(21-16)20-12-13-8-10-14(23-2)11-9-13;1-27-14-4-2-3-12-15(19-17(18)20-16(12)14)13-10-25(23-21-13)9-11-5-6-24(22-11)7-8-26;1-16-12(15)10-5-6-14(13-10)7-9-18-11-4-2-3-8-17-11;12-15-13-9-10-4-5-16(14-10)6-8-18-11-3-1-2-7-17-11/h1,5-11H,12H2,2-3H3,(H,20,21,22);2-6,10,26H,7-9H2,1H3,(H2,18,19,20);5-6,11H,2-4,7-9H2,1H3;4-5,11H,1-3,6-9H2/p+1. The Morgan fingerprint density at radius 2 is 1.52 bits per heavy atom. The van der Waals surface area contributed by atoms with Crippen molar-refractivity contribution in [2.75, 3.05) is 72.5 Å². The van der Waals surface area contributed by atoms with Crippen molar-refractivity contribution in [3.8, 4) is 41.0 Å². The molecule has 8 heterocycles. The summed E-state index contributed by atoms with van der Waals surface area (Å²) in [7, 11) is 6.18. The Labute approximate surface area is 501 Å². The molecule has 9 aromatic rings. The lowest BCUT2D eigenvalue weighted by molar-refractivity contribution is -0.751. The average Bonchev–Trinajstić information content (AvgIpc) is 2.38. The monoisotopic (exact) mass is 1190 g/mol. The van der Waals surface area contributed by atoms with E-state index in [-0.39, 0.29) is 31.7 Å². The second-order valence-corrected chi connectivity index (χ2v) is 19.3. The van der Waals surface area contributed by atoms with Crippen molar-refractivity contribution in [1.29, 1.82) is 0 Å². The number of azide groups is 1. The number of terminal acetylenes is 1. The minimum atomic E-state index is -0.426. The maximum atomic E-state index is 11.2. The summed E-state index contributed by atoms with van der Waals surface area (Å²) in [5.41, 5.74) is 20.3. The van der Waals surface area contributed by atoms with Gasteiger partial charge < -0.3 is 54.1 Å². The molecule has 2 aliphatic rings. The van der Waals surface area contributed by atoms with Gasteiger partial charge in [0.2, 0.25) is 11.9 Å². The lowest BCUT2D eigenvalue weighted by Crippen LogP contribution is -2.36. The number of aromatic nitrogens is 13. The molecule has 0 aliphatic carbocycles. The number of esters is 1. The van der Waals surface area contributed by atoms with Crippen molar-refractivity contribution < 1.29 is 52.5 Å². The number of benzene rings is 3. The van der Waals surface area contributed by atoms with Crippen LogP contribution in [0.3, 0.4) is 0 Å². The number of fused-ring (bicyclic) bond motifs is 2. The zero-order valence-electron chi connectivity index (χ0n) is 49.0. The van der Waals surface area contributed by atoms with Crippen LogP contribution in [0.4, 0.5) is 11.9 Å². The zero-order chi connectivity index (χ0) is 61.2. The van der Waals surface area contributed by atoms with Crippen molar-refractivity contribution in [3.05, 3.63) is 142 Å². The third-order valence-electron chi connectivity index (χ3n) is 13.3. The van der Waals surface area contributed by atoms with Crippen LogP contribution in [0, 0.1) is 12.3 Å². The molecule has 6 aromatic heterocycles. The molecule has 2 fully saturated rings. The topological polar surface area (TPSA) is 336 Å². The molecule has 87 heavy (non-hydrogen) atoms. The Balaban J connectivity index is 0.000000153. The molecule has 5 N–H and O–H groups in total. The van der Waals surface area contributed by atoms with Crippen LogP contribution in [0.15, 0.2) is 109 Å². The quantitative estimate of drug-likeness (QED) is 0.0135. The Morgan fingerprint density at radius 1 is 0.839 bits per heavy atom. The highest BCUT2D eigenvalue weighted by molar-refractivity contribution is 5.95. The number of carbonyl (C=O) groups is 1. The van der Waals surface area contributed by atoms with Crippen LogP contribution in [-0.4, -0.2) is 145 Å². The highest BCUT2D eigenvalue weighted by atomic mass is 16.7. The molecule has 28 nitrogen and oxygen atoms in total. The molecule has 11 rings (SSSR count). The number of aliphatic hydroxyl groups excluding tert-OH is 1. The number of nitrogens with two attached hydrogens (primary N) is 1. The fraction of sp³-hybridized carbons (Fsp3) is 0.390. The Kier molecular flexibility index (Phi) is 24.1. The Hall–Kier alpha value is -9.75. The number of rotatable bonds is 22. The number of hydrogen-bond acceptors (Lipinski definition) is 21. The summed E-state index contributed by atoms with van der Waals surface area (Å²) in [5, 5.41) is 37.2. The first-order chi connectivity index (χ1) is 42.6. The van der Waals surface area contributed by atoms with Crippen LogP contribution in [-0.2, 0) is 63.0 Å². The predicted molar refractivity (Wildman–Crippen MR) is 319 cm³/mol. The van der Waals surface area contributed by atoms with E-state index in [2.05, 4.69) is 71.5 Å². The van der Waals surface area contributed by atoms with Gasteiger partial charge in [0.25, 0.3) is 0 Å². The maximum Gasteiger partial charge on any atom is 0.358 e. The number of aliphatic hydroxyl groups is 1. The molecule has 0 bridgehead atoms. The van der Waals surface area contributed by atoms with Gasteiger partial charge in [0.05, 0.1) is 79.7 Å². The fourth-order valence-corrected chi connectivity index (χ4v) is 8.99. The number of nitrogens with zero attached hydrogens (tertiary/aromatic N) is 15. The molecule has 2 saturated heterocycles. The second-order valence-electron chi connectivity index (χ2n) is 19.3. The first kappa shape index (κ1) is 63.3. The number of ether oxygens (including phenoxy) is 8. The van der Waals surface area contributed by atoms with Gasteiger partial charge in [-0.15, -0.1) is 16.2 Å². The third kappa shape index (κ3) is 18.6. The van der Waals surface area contributed by atoms with Crippen molar-refractivity contribution in [3.63, 3.8) is 0 Å². The number of nitrogens with one attached hydrogen (secondary N) is 2. The summed E-state index contributed by atoms with van der Waals surface area (Å²) < 4.78 is 49.5. The molecule has 2 unspecified atom stereocenters. The van der Waals surface area contributed by atoms with E-state index < -0.39 is 5.97 Å². The number of nitrogen functional groups attached to an aromatic ring is 1. The molecule has 456 valence electrons. The molecule has 3 aromatic carbocycles. The van der Waals surface area contributed by atoms with Crippen LogP contribution in [0.25, 0.3) is 43.6 Å². The predicted octanol–water partition coefficient (Wildman–Crippen LogP) is 6.83. The molecule has 0 radical (unpaired) electrons. The minimum Gasteiger partial charge on any atom is -0.497 e. The van der Waals surface area contributed by atoms with Crippen LogP contribution in [0.1, 0.15) is 71.7 Å². The Bertz CT molecular complexity index is 3690. The highest BCUT2D eigenvalue weighted by Crippen LogP contribution is 2.31. The molecular formula is C59H71N18O10+. The highest BCUT2D eigenvalue weighted by Gasteiger charge is 2.18. The van der Waals surface area contributed by atoms with Crippen molar-refractivity contribution in [2.45, 2.75) is 90.4 Å². The SMILES string of the molecule is C#Cc1nc(NCc2ccc(OC)cc2)nc2c(OC)cccc12.COC(=O)c1ccn(CCOC2CCCCO2)n1.COc1cccc2c(-c3cn(Cc4cc[n+](CCO)[nH]4)nn3)nc(N)nc12.[N-]=[N+]=NCc1ccn(CCOC2CCCCO2)n1. The maximum absolute atomic E-state index is 11.2. The van der Waals surface area contributed by atoms with E-state index in [1.165, 1.54) is 13.5 Å². The summed E-state index contributed by atoms with van der Waals surface area (Å²) >= 11 is 0. The zero-order valence-corrected chi connectivity index (χ0v) is 49.0. The van der Waals surface area contributed by atoms with E-state index in [9.17, 15) is 4.79 Å². The van der Waals surface area contributed by atoms with Gasteiger partial charge in [-0.25, -0.2) is 29.4 Å². The number of para-hydroxylation sites is 2. The van der Waals surface area contributed by atoms with Crippen molar-refractivity contribution in [2.24, 2.45) is 5.11 Å². The van der Waals surface area contributed by atoms with E-state index >= 15 is 0 Å². The number of anilines is 2. The molecule has 0 amide bonds. The first-order valence-corrected chi connectivity index (χ1v) is 28.1. The molecule has 2 aliphatic heterocycles. The Morgan fingerprint density at radius 3 is 2.15 bits per heavy atom. The number of methoxy groups -OCH3 is 4. The van der Waals surface area contributed by atoms with Gasteiger partial charge >= 0.3 is 5.97 Å². The van der Waals surface area contributed by atoms with Crippen molar-refractivity contribution >= 4 is 39.7 Å². The summed E-state index contributed by atoms with van der Waals surface area (Å²) in [4.78, 5) is 31.5. The fourth-order valence-electron chi connectivity index (χ4n) is 8.99. The van der Waals surface area contributed by atoms with Crippen molar-refractivity contribution in [1.82, 2.24) is 59.6 Å². The second kappa shape index (κ2) is 33.1. The van der Waals surface area contributed by atoms with Gasteiger partial charge in [0.1, 0.15) is 57.7 Å². The number of H-pyrrole nitrogens is 1. The summed E-state index contributed by atoms with van der Waals surface area (Å²) in [5.74, 6) is 4.90. The number of hydrogen-bond donors (Lipinski definition) is 4. The lowest BCUT2D eigenvalue weighted by atomic mass is 10.1. The van der Waals surface area contributed by atoms with Crippen LogP contribution >= 0.6 is 0 Å². The minimum absolute atomic E-state index is 0.0584. The van der Waals surface area contributed by atoms with E-state index in [0.717, 1.165) is 78.8 Å². The normalized spacial score (nSPS) is 14.4. The number of aromatic amines is 1. The van der Waals surface area contributed by atoms with E-state index in [4.69, 9.17) is 56.0 Å². The molecule has 2 atom stereocenters. The van der Waals surface area contributed by atoms with Gasteiger partial charge in [-0.2, -0.15) is 15.3 Å². The summed E-state index contributed by atoms with van der Waals surface area (Å²) in [6, 6.07) is 24.4. The summed E-state index contributed by atoms with van der Waals surface area (Å²) in [6.45, 7) is 5.90. The van der Waals surface area contributed by atoms with E-state index in [1.807, 2.05) is 85.2 Å². The van der Waals surface area contributed by atoms with E-state index in [0.29, 0.717) is 97.2 Å². The van der Waals surface area contributed by atoms with Crippen LogP contribution in [0.5, 0.6) is 17.2 Å². The number of carbonyl (C=O) groups excluding carboxylic acids is 1. The smallest absolute Gasteiger partial charge is 0.358 e. The average molecular weight is 1190 g/mol. The van der Waals surface area contributed by atoms with Crippen LogP contribution in [0.2, 0.25) is 0 Å². The van der Waals surface area contributed by atoms with Gasteiger partial charge in [-0.1, -0.05) is 40.7 Å². The first-order valence-electron chi connectivity index (χ1n) is 28.1. The van der Waals surface area contributed by atoms with Gasteiger partial charge in [-0.05, 0) is 98.0 Å². The van der Waals surface area contributed by atoms with E-state index in [1.54, 1.807) is 58.5 Å². The molecular weight excluding hydrogens is 1120 g/mol. The van der Waals surface area contributed by atoms with Gasteiger partial charge in [0, 0.05) is 53.9 Å².